The Kier molecular flexibility index (Phi) is 4.49. The maximum atomic E-state index is 5.73. The van der Waals surface area contributed by atoms with E-state index in [2.05, 4.69) is 19.9 Å². The van der Waals surface area contributed by atoms with Gasteiger partial charge in [0, 0.05) is 30.6 Å². The molecule has 2 aromatic heterocycles. The zero-order chi connectivity index (χ0) is 14.5. The van der Waals surface area contributed by atoms with Crippen LogP contribution in [0, 0.1) is 5.92 Å². The summed E-state index contributed by atoms with van der Waals surface area (Å²) in [6.45, 7) is 2.60. The zero-order valence-electron chi connectivity index (χ0n) is 11.9. The van der Waals surface area contributed by atoms with Crippen molar-refractivity contribution in [1.82, 2.24) is 15.0 Å². The third-order valence-corrected chi connectivity index (χ3v) is 4.19. The van der Waals surface area contributed by atoms with Gasteiger partial charge in [-0.1, -0.05) is 11.3 Å². The zero-order valence-corrected chi connectivity index (χ0v) is 12.8. The summed E-state index contributed by atoms with van der Waals surface area (Å²) >= 11 is 1.53. The molecule has 1 unspecified atom stereocenters. The molecule has 7 heteroatoms. The minimum atomic E-state index is 0.480. The highest BCUT2D eigenvalue weighted by molar-refractivity contribution is 7.11. The smallest absolute Gasteiger partial charge is 0.273 e. The molecule has 1 aliphatic rings. The lowest BCUT2D eigenvalue weighted by atomic mass is 9.99. The van der Waals surface area contributed by atoms with Gasteiger partial charge >= 0.3 is 0 Å². The van der Waals surface area contributed by atoms with E-state index in [0.717, 1.165) is 37.1 Å². The number of piperidine rings is 1. The number of rotatable bonds is 5. The predicted molar refractivity (Wildman–Crippen MR) is 81.1 cm³/mol. The molecule has 21 heavy (non-hydrogen) atoms. The molecule has 0 saturated carbocycles. The molecule has 6 nitrogen and oxygen atoms in total. The van der Waals surface area contributed by atoms with Gasteiger partial charge in [0.15, 0.2) is 5.75 Å². The SMILES string of the molecule is COc1cnc(N2CCCC(COc3nccs3)C2)nc1. The van der Waals surface area contributed by atoms with Gasteiger partial charge in [-0.3, -0.25) is 0 Å². The third kappa shape index (κ3) is 3.60. The standard InChI is InChI=1S/C14H18N4O2S/c1-19-12-7-16-13(17-8-12)18-5-2-3-11(9-18)10-20-14-15-4-6-21-14/h4,6-8,11H,2-3,5,9-10H2,1H3. The van der Waals surface area contributed by atoms with Gasteiger partial charge in [-0.25, -0.2) is 15.0 Å². The van der Waals surface area contributed by atoms with Gasteiger partial charge in [-0.15, -0.1) is 0 Å². The molecule has 0 radical (unpaired) electrons. The van der Waals surface area contributed by atoms with Crippen molar-refractivity contribution in [2.75, 3.05) is 31.7 Å². The first-order valence-electron chi connectivity index (χ1n) is 6.98. The fourth-order valence-electron chi connectivity index (χ4n) is 2.43. The number of methoxy groups -OCH3 is 1. The predicted octanol–water partition coefficient (Wildman–Crippen LogP) is 2.24. The van der Waals surface area contributed by atoms with Crippen LogP contribution in [0.15, 0.2) is 24.0 Å². The normalized spacial score (nSPS) is 18.5. The Morgan fingerprint density at radius 1 is 1.33 bits per heavy atom. The maximum Gasteiger partial charge on any atom is 0.273 e. The molecule has 1 aliphatic heterocycles. The molecular weight excluding hydrogens is 288 g/mol. The van der Waals surface area contributed by atoms with Gasteiger partial charge in [0.1, 0.15) is 0 Å². The van der Waals surface area contributed by atoms with E-state index in [1.54, 1.807) is 25.7 Å². The Balaban J connectivity index is 1.56. The van der Waals surface area contributed by atoms with Crippen molar-refractivity contribution in [1.29, 1.82) is 0 Å². The van der Waals surface area contributed by atoms with E-state index in [0.29, 0.717) is 18.3 Å². The summed E-state index contributed by atoms with van der Waals surface area (Å²) in [5, 5.41) is 2.67. The molecule has 0 amide bonds. The van der Waals surface area contributed by atoms with Crippen LogP contribution in [0.1, 0.15) is 12.8 Å². The van der Waals surface area contributed by atoms with Crippen LogP contribution < -0.4 is 14.4 Å². The lowest BCUT2D eigenvalue weighted by Gasteiger charge is -2.32. The summed E-state index contributed by atoms with van der Waals surface area (Å²) in [4.78, 5) is 15.1. The van der Waals surface area contributed by atoms with Gasteiger partial charge in [0.05, 0.1) is 26.1 Å². The van der Waals surface area contributed by atoms with Crippen LogP contribution in [-0.2, 0) is 0 Å². The average Bonchev–Trinajstić information content (AvgIpc) is 3.07. The van der Waals surface area contributed by atoms with E-state index >= 15 is 0 Å². The Morgan fingerprint density at radius 2 is 2.19 bits per heavy atom. The van der Waals surface area contributed by atoms with Crippen molar-refractivity contribution in [3.63, 3.8) is 0 Å². The minimum Gasteiger partial charge on any atom is -0.494 e. The summed E-state index contributed by atoms with van der Waals surface area (Å²) < 4.78 is 10.8. The van der Waals surface area contributed by atoms with Crippen molar-refractivity contribution in [2.24, 2.45) is 5.92 Å². The number of nitrogens with zero attached hydrogens (tertiary/aromatic N) is 4. The molecule has 0 aliphatic carbocycles. The summed E-state index contributed by atoms with van der Waals surface area (Å²) in [5.74, 6) is 1.92. The second-order valence-electron chi connectivity index (χ2n) is 4.99. The van der Waals surface area contributed by atoms with Gasteiger partial charge < -0.3 is 14.4 Å². The number of ether oxygens (including phenoxy) is 2. The van der Waals surface area contributed by atoms with Gasteiger partial charge in [-0.05, 0) is 12.8 Å². The van der Waals surface area contributed by atoms with E-state index in [1.807, 2.05) is 5.38 Å². The first kappa shape index (κ1) is 14.1. The van der Waals surface area contributed by atoms with E-state index in [-0.39, 0.29) is 0 Å². The monoisotopic (exact) mass is 306 g/mol. The van der Waals surface area contributed by atoms with Crippen LogP contribution in [0.4, 0.5) is 5.95 Å². The molecule has 3 heterocycles. The van der Waals surface area contributed by atoms with Gasteiger partial charge in [-0.2, -0.15) is 0 Å². The largest absolute Gasteiger partial charge is 0.494 e. The molecule has 1 fully saturated rings. The van der Waals surface area contributed by atoms with E-state index in [1.165, 1.54) is 11.3 Å². The highest BCUT2D eigenvalue weighted by Gasteiger charge is 2.22. The van der Waals surface area contributed by atoms with Gasteiger partial charge in [0.25, 0.3) is 5.19 Å². The molecule has 3 rings (SSSR count). The lowest BCUT2D eigenvalue weighted by molar-refractivity contribution is 0.227. The van der Waals surface area contributed by atoms with Crippen LogP contribution in [-0.4, -0.2) is 41.8 Å². The molecule has 2 aromatic rings. The molecule has 0 aromatic carbocycles. The van der Waals surface area contributed by atoms with Crippen LogP contribution in [0.3, 0.4) is 0 Å². The highest BCUT2D eigenvalue weighted by atomic mass is 32.1. The number of anilines is 1. The van der Waals surface area contributed by atoms with Crippen LogP contribution in [0.25, 0.3) is 0 Å². The molecule has 0 bridgehead atoms. The Morgan fingerprint density at radius 3 is 2.90 bits per heavy atom. The first-order valence-corrected chi connectivity index (χ1v) is 7.86. The highest BCUT2D eigenvalue weighted by Crippen LogP contribution is 2.22. The fraction of sp³-hybridized carbons (Fsp3) is 0.500. The molecule has 1 atom stereocenters. The second-order valence-corrected chi connectivity index (χ2v) is 5.84. The van der Waals surface area contributed by atoms with Crippen LogP contribution in [0.5, 0.6) is 10.9 Å². The second kappa shape index (κ2) is 6.71. The number of aromatic nitrogens is 3. The minimum absolute atomic E-state index is 0.480. The average molecular weight is 306 g/mol. The topological polar surface area (TPSA) is 60.4 Å². The number of thiazole rings is 1. The molecule has 112 valence electrons. The van der Waals surface area contributed by atoms with Crippen molar-refractivity contribution in [3.8, 4) is 10.9 Å². The fourth-order valence-corrected chi connectivity index (χ4v) is 2.93. The van der Waals surface area contributed by atoms with Crippen LogP contribution >= 0.6 is 11.3 Å². The van der Waals surface area contributed by atoms with Crippen molar-refractivity contribution in [3.05, 3.63) is 24.0 Å². The van der Waals surface area contributed by atoms with E-state index in [9.17, 15) is 0 Å². The summed E-state index contributed by atoms with van der Waals surface area (Å²) in [6, 6.07) is 0. The molecule has 0 spiro atoms. The summed E-state index contributed by atoms with van der Waals surface area (Å²) in [6.07, 6.45) is 7.47. The maximum absolute atomic E-state index is 5.73. The first-order chi connectivity index (χ1) is 10.3. The Labute approximate surface area is 127 Å². The van der Waals surface area contributed by atoms with Crippen molar-refractivity contribution in [2.45, 2.75) is 12.8 Å². The van der Waals surface area contributed by atoms with Crippen molar-refractivity contribution < 1.29 is 9.47 Å². The van der Waals surface area contributed by atoms with Crippen molar-refractivity contribution >= 4 is 17.3 Å². The Hall–Kier alpha value is -1.89. The summed E-state index contributed by atoms with van der Waals surface area (Å²) in [5.41, 5.74) is 0. The molecule has 1 saturated heterocycles. The Bertz CT molecular complexity index is 547. The molecule has 0 N–H and O–H groups in total. The number of hydrogen-bond acceptors (Lipinski definition) is 7. The van der Waals surface area contributed by atoms with E-state index < -0.39 is 0 Å². The van der Waals surface area contributed by atoms with Crippen LogP contribution in [0.2, 0.25) is 0 Å². The summed E-state index contributed by atoms with van der Waals surface area (Å²) in [7, 11) is 1.62. The quantitative estimate of drug-likeness (QED) is 0.844. The lowest BCUT2D eigenvalue weighted by Crippen LogP contribution is -2.38. The number of hydrogen-bond donors (Lipinski definition) is 0. The van der Waals surface area contributed by atoms with Gasteiger partial charge in [0.2, 0.25) is 5.95 Å². The third-order valence-electron chi connectivity index (χ3n) is 3.50. The van der Waals surface area contributed by atoms with E-state index in [4.69, 9.17) is 9.47 Å². The molecular formula is C14H18N4O2S.